The van der Waals surface area contributed by atoms with Crippen LogP contribution in [0.25, 0.3) is 10.9 Å². The lowest BCUT2D eigenvalue weighted by molar-refractivity contribution is -0.150. The lowest BCUT2D eigenvalue weighted by Gasteiger charge is -2.26. The minimum Gasteiger partial charge on any atom is -0.461 e. The minimum atomic E-state index is -0.0818. The van der Waals surface area contributed by atoms with Gasteiger partial charge in [-0.1, -0.05) is 55.5 Å². The molecule has 0 fully saturated rings. The number of carbonyl (C=O) groups is 1. The van der Waals surface area contributed by atoms with Crippen LogP contribution < -0.4 is 0 Å². The number of hydrogen-bond acceptors (Lipinski definition) is 2. The lowest BCUT2D eigenvalue weighted by atomic mass is 9.80. The molecule has 2 unspecified atom stereocenters. The molecule has 1 aliphatic carbocycles. The van der Waals surface area contributed by atoms with Crippen LogP contribution >= 0.6 is 0 Å². The Balaban J connectivity index is 1.52. The van der Waals surface area contributed by atoms with E-state index in [0.29, 0.717) is 12.5 Å². The number of carbonyl (C=O) groups excluding carboxylic acids is 1. The summed E-state index contributed by atoms with van der Waals surface area (Å²) < 4.78 is 5.57. The summed E-state index contributed by atoms with van der Waals surface area (Å²) in [7, 11) is 0. The highest BCUT2D eigenvalue weighted by molar-refractivity contribution is 5.86. The molecular weight excluding hydrogens is 298 g/mol. The van der Waals surface area contributed by atoms with Crippen LogP contribution in [0.5, 0.6) is 0 Å². The maximum absolute atomic E-state index is 12.6. The summed E-state index contributed by atoms with van der Waals surface area (Å²) in [6.07, 6.45) is 1.60. The van der Waals surface area contributed by atoms with Crippen LogP contribution in [0.3, 0.4) is 0 Å². The third kappa shape index (κ3) is 2.71. The second kappa shape index (κ2) is 6.16. The molecule has 0 saturated carbocycles. The zero-order chi connectivity index (χ0) is 16.5. The maximum atomic E-state index is 12.6. The van der Waals surface area contributed by atoms with E-state index in [2.05, 4.69) is 30.1 Å². The Morgan fingerprint density at radius 2 is 1.88 bits per heavy atom. The maximum Gasteiger partial charge on any atom is 0.309 e. The van der Waals surface area contributed by atoms with E-state index in [1.54, 1.807) is 0 Å². The van der Waals surface area contributed by atoms with Gasteiger partial charge in [-0.3, -0.25) is 4.79 Å². The summed E-state index contributed by atoms with van der Waals surface area (Å²) in [6.45, 7) is 2.54. The second-order valence-corrected chi connectivity index (χ2v) is 6.69. The van der Waals surface area contributed by atoms with Gasteiger partial charge in [-0.2, -0.15) is 0 Å². The highest BCUT2D eigenvalue weighted by Crippen LogP contribution is 2.38. The highest BCUT2D eigenvalue weighted by Gasteiger charge is 2.32. The number of nitrogens with one attached hydrogen (secondary N) is 1. The molecule has 3 heteroatoms. The summed E-state index contributed by atoms with van der Waals surface area (Å²) in [4.78, 5) is 16.1. The summed E-state index contributed by atoms with van der Waals surface area (Å²) in [6, 6.07) is 18.2. The first-order chi connectivity index (χ1) is 11.7. The zero-order valence-electron chi connectivity index (χ0n) is 13.8. The van der Waals surface area contributed by atoms with Crippen molar-refractivity contribution in [1.82, 2.24) is 4.98 Å². The van der Waals surface area contributed by atoms with E-state index in [1.165, 1.54) is 16.6 Å². The van der Waals surface area contributed by atoms with E-state index in [4.69, 9.17) is 4.74 Å². The van der Waals surface area contributed by atoms with Crippen molar-refractivity contribution in [3.8, 4) is 0 Å². The number of aromatic amines is 1. The van der Waals surface area contributed by atoms with Crippen LogP contribution in [-0.2, 0) is 22.6 Å². The fraction of sp³-hybridized carbons (Fsp3) is 0.286. The largest absolute Gasteiger partial charge is 0.461 e. The average molecular weight is 319 g/mol. The molecule has 1 aromatic heterocycles. The van der Waals surface area contributed by atoms with Crippen molar-refractivity contribution in [2.24, 2.45) is 5.92 Å². The molecular formula is C21H21NO2. The van der Waals surface area contributed by atoms with E-state index >= 15 is 0 Å². The topological polar surface area (TPSA) is 42.1 Å². The second-order valence-electron chi connectivity index (χ2n) is 6.69. The van der Waals surface area contributed by atoms with Crippen molar-refractivity contribution < 1.29 is 9.53 Å². The number of aromatic nitrogens is 1. The summed E-state index contributed by atoms with van der Waals surface area (Å²) in [5.41, 5.74) is 4.75. The van der Waals surface area contributed by atoms with Gasteiger partial charge in [0.2, 0.25) is 0 Å². The van der Waals surface area contributed by atoms with Gasteiger partial charge < -0.3 is 9.72 Å². The first-order valence-electron chi connectivity index (χ1n) is 8.52. The van der Waals surface area contributed by atoms with Crippen molar-refractivity contribution in [2.75, 3.05) is 0 Å². The molecule has 1 heterocycles. The molecule has 1 aliphatic rings. The Morgan fingerprint density at radius 1 is 1.12 bits per heavy atom. The molecule has 0 bridgehead atoms. The Hall–Kier alpha value is -2.55. The molecule has 2 atom stereocenters. The van der Waals surface area contributed by atoms with E-state index < -0.39 is 0 Å². The van der Waals surface area contributed by atoms with E-state index in [9.17, 15) is 4.79 Å². The monoisotopic (exact) mass is 319 g/mol. The lowest BCUT2D eigenvalue weighted by Crippen LogP contribution is -2.26. The van der Waals surface area contributed by atoms with Gasteiger partial charge in [-0.05, 0) is 36.0 Å². The molecule has 3 aromatic rings. The molecule has 0 amide bonds. The molecule has 2 aromatic carbocycles. The number of esters is 1. The van der Waals surface area contributed by atoms with Crippen LogP contribution in [0, 0.1) is 5.92 Å². The van der Waals surface area contributed by atoms with E-state index in [-0.39, 0.29) is 11.9 Å². The number of para-hydroxylation sites is 1. The van der Waals surface area contributed by atoms with Crippen LogP contribution in [0.2, 0.25) is 0 Å². The standard InChI is InChI=1S/C21H21NO2/c1-14-11-16(21(23)24-13-15-7-3-2-4-8-15)12-18-17-9-5-6-10-19(17)22-20(14)18/h2-10,14,16,22H,11-13H2,1H3. The van der Waals surface area contributed by atoms with Crippen LogP contribution in [0.1, 0.15) is 36.1 Å². The van der Waals surface area contributed by atoms with Gasteiger partial charge in [0.25, 0.3) is 0 Å². The number of fused-ring (bicyclic) bond motifs is 3. The molecule has 3 nitrogen and oxygen atoms in total. The quantitative estimate of drug-likeness (QED) is 0.718. The molecule has 0 spiro atoms. The fourth-order valence-electron chi connectivity index (χ4n) is 3.76. The smallest absolute Gasteiger partial charge is 0.309 e. The highest BCUT2D eigenvalue weighted by atomic mass is 16.5. The zero-order valence-corrected chi connectivity index (χ0v) is 13.8. The van der Waals surface area contributed by atoms with Crippen LogP contribution in [-0.4, -0.2) is 11.0 Å². The molecule has 0 aliphatic heterocycles. The number of rotatable bonds is 3. The van der Waals surface area contributed by atoms with Gasteiger partial charge in [-0.15, -0.1) is 0 Å². The van der Waals surface area contributed by atoms with Crippen molar-refractivity contribution in [1.29, 1.82) is 0 Å². The summed E-state index contributed by atoms with van der Waals surface area (Å²) >= 11 is 0. The predicted molar refractivity (Wildman–Crippen MR) is 94.8 cm³/mol. The third-order valence-electron chi connectivity index (χ3n) is 4.99. The third-order valence-corrected chi connectivity index (χ3v) is 4.99. The van der Waals surface area contributed by atoms with Gasteiger partial charge in [0.15, 0.2) is 0 Å². The first-order valence-corrected chi connectivity index (χ1v) is 8.52. The Morgan fingerprint density at radius 3 is 2.71 bits per heavy atom. The SMILES string of the molecule is CC1CC(C(=O)OCc2ccccc2)Cc2c1[nH]c1ccccc21. The summed E-state index contributed by atoms with van der Waals surface area (Å²) in [5, 5.41) is 1.24. The van der Waals surface area contributed by atoms with Crippen molar-refractivity contribution in [2.45, 2.75) is 32.3 Å². The van der Waals surface area contributed by atoms with Crippen LogP contribution in [0.4, 0.5) is 0 Å². The van der Waals surface area contributed by atoms with Crippen molar-refractivity contribution in [3.63, 3.8) is 0 Å². The summed E-state index contributed by atoms with van der Waals surface area (Å²) in [5.74, 6) is 0.201. The van der Waals surface area contributed by atoms with Gasteiger partial charge >= 0.3 is 5.97 Å². The van der Waals surface area contributed by atoms with Crippen molar-refractivity contribution in [3.05, 3.63) is 71.4 Å². The van der Waals surface area contributed by atoms with E-state index in [1.807, 2.05) is 36.4 Å². The van der Waals surface area contributed by atoms with Gasteiger partial charge in [0.1, 0.15) is 6.61 Å². The van der Waals surface area contributed by atoms with Gasteiger partial charge in [0.05, 0.1) is 5.92 Å². The van der Waals surface area contributed by atoms with Gasteiger partial charge in [0, 0.05) is 16.6 Å². The Labute approximate surface area is 141 Å². The molecule has 24 heavy (non-hydrogen) atoms. The van der Waals surface area contributed by atoms with Crippen molar-refractivity contribution >= 4 is 16.9 Å². The van der Waals surface area contributed by atoms with E-state index in [0.717, 1.165) is 23.9 Å². The first kappa shape index (κ1) is 15.0. The van der Waals surface area contributed by atoms with Crippen LogP contribution in [0.15, 0.2) is 54.6 Å². The molecule has 1 N–H and O–H groups in total. The molecule has 122 valence electrons. The normalized spacial score (nSPS) is 19.9. The predicted octanol–water partition coefficient (Wildman–Crippen LogP) is 4.58. The fourth-order valence-corrected chi connectivity index (χ4v) is 3.76. The number of ether oxygens (including phenoxy) is 1. The number of hydrogen-bond donors (Lipinski definition) is 1. The Bertz CT molecular complexity index is 866. The average Bonchev–Trinajstić information content (AvgIpc) is 3.00. The minimum absolute atomic E-state index is 0.0598. The Kier molecular flexibility index (Phi) is 3.85. The van der Waals surface area contributed by atoms with Gasteiger partial charge in [-0.25, -0.2) is 0 Å². The number of benzene rings is 2. The molecule has 0 saturated heterocycles. The molecule has 4 rings (SSSR count). The molecule has 0 radical (unpaired) electrons. The number of H-pyrrole nitrogens is 1.